The third-order valence-corrected chi connectivity index (χ3v) is 6.76. The van der Waals surface area contributed by atoms with Crippen LogP contribution in [0.5, 0.6) is 0 Å². The zero-order valence-electron chi connectivity index (χ0n) is 12.3. The molecule has 116 valence electrons. The first-order valence-electron chi connectivity index (χ1n) is 7.49. The van der Waals surface area contributed by atoms with Crippen LogP contribution in [0.25, 0.3) is 10.2 Å². The van der Waals surface area contributed by atoms with Gasteiger partial charge in [-0.15, -0.1) is 11.3 Å². The SMILES string of the molecule is Cn1c(S[C@@H]2CCOC2=O)nc2sc3c(c2c1=O)CCCC3. The van der Waals surface area contributed by atoms with E-state index < -0.39 is 0 Å². The molecule has 0 spiro atoms. The Morgan fingerprint density at radius 2 is 2.14 bits per heavy atom. The Labute approximate surface area is 135 Å². The van der Waals surface area contributed by atoms with Crippen molar-refractivity contribution in [1.29, 1.82) is 0 Å². The monoisotopic (exact) mass is 336 g/mol. The highest BCUT2D eigenvalue weighted by Gasteiger charge is 2.30. The van der Waals surface area contributed by atoms with E-state index in [0.717, 1.165) is 29.5 Å². The zero-order valence-corrected chi connectivity index (χ0v) is 13.9. The van der Waals surface area contributed by atoms with Gasteiger partial charge in [0.2, 0.25) is 0 Å². The van der Waals surface area contributed by atoms with E-state index in [4.69, 9.17) is 4.74 Å². The van der Waals surface area contributed by atoms with Crippen molar-refractivity contribution in [3.63, 3.8) is 0 Å². The molecule has 0 saturated carbocycles. The van der Waals surface area contributed by atoms with Crippen LogP contribution in [0.15, 0.2) is 9.95 Å². The molecule has 7 heteroatoms. The number of fused-ring (bicyclic) bond motifs is 3. The minimum absolute atomic E-state index is 0.0123. The average molecular weight is 336 g/mol. The quantitative estimate of drug-likeness (QED) is 0.622. The molecule has 1 aliphatic carbocycles. The minimum atomic E-state index is -0.245. The third kappa shape index (κ3) is 2.18. The number of carbonyl (C=O) groups is 1. The van der Waals surface area contributed by atoms with Gasteiger partial charge in [-0.3, -0.25) is 14.2 Å². The van der Waals surface area contributed by atoms with Crippen molar-refractivity contribution in [1.82, 2.24) is 9.55 Å². The van der Waals surface area contributed by atoms with Gasteiger partial charge in [-0.2, -0.15) is 0 Å². The Kier molecular flexibility index (Phi) is 3.49. The van der Waals surface area contributed by atoms with E-state index >= 15 is 0 Å². The fraction of sp³-hybridized carbons (Fsp3) is 0.533. The Hall–Kier alpha value is -1.34. The predicted molar refractivity (Wildman–Crippen MR) is 86.7 cm³/mol. The maximum absolute atomic E-state index is 12.7. The second-order valence-electron chi connectivity index (χ2n) is 5.71. The van der Waals surface area contributed by atoms with E-state index in [0.29, 0.717) is 18.2 Å². The van der Waals surface area contributed by atoms with Crippen LogP contribution in [0.4, 0.5) is 0 Å². The molecule has 5 nitrogen and oxygen atoms in total. The highest BCUT2D eigenvalue weighted by molar-refractivity contribution is 8.00. The Balaban J connectivity index is 1.82. The van der Waals surface area contributed by atoms with Gasteiger partial charge in [-0.05, 0) is 31.2 Å². The van der Waals surface area contributed by atoms with Crippen molar-refractivity contribution >= 4 is 39.3 Å². The number of thioether (sulfide) groups is 1. The van der Waals surface area contributed by atoms with Crippen molar-refractivity contribution in [2.24, 2.45) is 7.05 Å². The topological polar surface area (TPSA) is 61.2 Å². The average Bonchev–Trinajstić information content (AvgIpc) is 3.08. The number of ether oxygens (including phenoxy) is 1. The number of nitrogens with zero attached hydrogens (tertiary/aromatic N) is 2. The lowest BCUT2D eigenvalue weighted by molar-refractivity contribution is -0.137. The summed E-state index contributed by atoms with van der Waals surface area (Å²) < 4.78 is 6.57. The first-order valence-corrected chi connectivity index (χ1v) is 9.19. The molecule has 4 rings (SSSR count). The molecule has 1 saturated heterocycles. The highest BCUT2D eigenvalue weighted by atomic mass is 32.2. The van der Waals surface area contributed by atoms with Gasteiger partial charge in [-0.1, -0.05) is 11.8 Å². The van der Waals surface area contributed by atoms with Crippen molar-refractivity contribution in [3.05, 3.63) is 20.8 Å². The van der Waals surface area contributed by atoms with Crippen LogP contribution in [0.1, 0.15) is 29.7 Å². The molecule has 0 bridgehead atoms. The molecule has 0 N–H and O–H groups in total. The van der Waals surface area contributed by atoms with Gasteiger partial charge in [0.05, 0.1) is 12.0 Å². The molecule has 22 heavy (non-hydrogen) atoms. The molecule has 2 aromatic rings. The van der Waals surface area contributed by atoms with Crippen molar-refractivity contribution in [3.8, 4) is 0 Å². The lowest BCUT2D eigenvalue weighted by Gasteiger charge is -2.11. The fourth-order valence-corrected chi connectivity index (χ4v) is 5.41. The van der Waals surface area contributed by atoms with Crippen LogP contribution in [-0.2, 0) is 29.4 Å². The minimum Gasteiger partial charge on any atom is -0.465 e. The molecule has 2 aromatic heterocycles. The van der Waals surface area contributed by atoms with Gasteiger partial charge in [0.25, 0.3) is 5.56 Å². The van der Waals surface area contributed by atoms with Gasteiger partial charge >= 0.3 is 5.97 Å². The van der Waals surface area contributed by atoms with E-state index in [1.54, 1.807) is 23.0 Å². The van der Waals surface area contributed by atoms with Gasteiger partial charge in [0.15, 0.2) is 5.16 Å². The van der Waals surface area contributed by atoms with Crippen LogP contribution < -0.4 is 5.56 Å². The number of hydrogen-bond donors (Lipinski definition) is 0. The van der Waals surface area contributed by atoms with E-state index in [2.05, 4.69) is 4.98 Å². The molecule has 0 unspecified atom stereocenters. The summed E-state index contributed by atoms with van der Waals surface area (Å²) in [6, 6.07) is 0. The number of aryl methyl sites for hydroxylation is 2. The lowest BCUT2D eigenvalue weighted by Crippen LogP contribution is -2.22. The molecule has 1 atom stereocenters. The summed E-state index contributed by atoms with van der Waals surface area (Å²) in [5.74, 6) is -0.204. The molecule has 0 aromatic carbocycles. The number of thiophene rings is 1. The Morgan fingerprint density at radius 1 is 1.32 bits per heavy atom. The number of aromatic nitrogens is 2. The molecule has 1 fully saturated rings. The molecule has 0 radical (unpaired) electrons. The summed E-state index contributed by atoms with van der Waals surface area (Å²) in [6.45, 7) is 0.458. The Bertz CT molecular complexity index is 824. The van der Waals surface area contributed by atoms with E-state index in [-0.39, 0.29) is 16.8 Å². The summed E-state index contributed by atoms with van der Waals surface area (Å²) >= 11 is 2.99. The largest absolute Gasteiger partial charge is 0.465 e. The summed E-state index contributed by atoms with van der Waals surface area (Å²) in [4.78, 5) is 31.2. The van der Waals surface area contributed by atoms with Gasteiger partial charge in [0.1, 0.15) is 10.1 Å². The molecule has 2 aliphatic rings. The first-order chi connectivity index (χ1) is 10.6. The predicted octanol–water partition coefficient (Wildman–Crippen LogP) is 2.28. The molecule has 3 heterocycles. The number of cyclic esters (lactones) is 1. The van der Waals surface area contributed by atoms with Crippen LogP contribution in [0.2, 0.25) is 0 Å². The molecule has 0 amide bonds. The maximum atomic E-state index is 12.7. The van der Waals surface area contributed by atoms with Crippen LogP contribution in [0, 0.1) is 0 Å². The van der Waals surface area contributed by atoms with Crippen LogP contribution in [-0.4, -0.2) is 27.4 Å². The van der Waals surface area contributed by atoms with E-state index in [1.165, 1.54) is 28.6 Å². The Morgan fingerprint density at radius 3 is 2.91 bits per heavy atom. The van der Waals surface area contributed by atoms with Gasteiger partial charge < -0.3 is 4.74 Å². The van der Waals surface area contributed by atoms with Crippen molar-refractivity contribution in [2.45, 2.75) is 42.5 Å². The smallest absolute Gasteiger partial charge is 0.319 e. The summed E-state index contributed by atoms with van der Waals surface area (Å²) in [6.07, 6.45) is 5.05. The molecular formula is C15H16N2O3S2. The van der Waals surface area contributed by atoms with Crippen LogP contribution >= 0.6 is 23.1 Å². The number of esters is 1. The normalized spacial score (nSPS) is 21.1. The van der Waals surface area contributed by atoms with E-state index in [1.807, 2.05) is 0 Å². The van der Waals surface area contributed by atoms with Gasteiger partial charge in [0, 0.05) is 18.3 Å². The second-order valence-corrected chi connectivity index (χ2v) is 7.97. The summed E-state index contributed by atoms with van der Waals surface area (Å²) in [5.41, 5.74) is 1.22. The van der Waals surface area contributed by atoms with Crippen molar-refractivity contribution < 1.29 is 9.53 Å². The van der Waals surface area contributed by atoms with Crippen molar-refractivity contribution in [2.75, 3.05) is 6.61 Å². The number of rotatable bonds is 2. The summed E-state index contributed by atoms with van der Waals surface area (Å²) in [7, 11) is 1.74. The zero-order chi connectivity index (χ0) is 15.3. The highest BCUT2D eigenvalue weighted by Crippen LogP contribution is 2.35. The molecular weight excluding hydrogens is 320 g/mol. The van der Waals surface area contributed by atoms with Crippen LogP contribution in [0.3, 0.4) is 0 Å². The third-order valence-electron chi connectivity index (χ3n) is 4.29. The first kappa shape index (κ1) is 14.3. The van der Waals surface area contributed by atoms with Gasteiger partial charge in [-0.25, -0.2) is 4.98 Å². The summed E-state index contributed by atoms with van der Waals surface area (Å²) in [5, 5.41) is 1.16. The molecule has 1 aliphatic heterocycles. The lowest BCUT2D eigenvalue weighted by atomic mass is 9.97. The number of hydrogen-bond acceptors (Lipinski definition) is 6. The fourth-order valence-electron chi connectivity index (χ4n) is 3.08. The second kappa shape index (κ2) is 5.38. The number of carbonyl (C=O) groups excluding carboxylic acids is 1. The van der Waals surface area contributed by atoms with E-state index in [9.17, 15) is 9.59 Å². The maximum Gasteiger partial charge on any atom is 0.319 e. The standard InChI is InChI=1S/C15H16N2O3S2/c1-17-13(18)11-8-4-2-3-5-9(8)21-12(11)16-15(17)22-10-6-7-20-14(10)19/h10H,2-7H2,1H3/t10-/m1/s1.